The van der Waals surface area contributed by atoms with Crippen LogP contribution in [0.15, 0.2) is 59.1 Å². The molecule has 2 fully saturated rings. The number of anilines is 3. The molecule has 1 amide bonds. The van der Waals surface area contributed by atoms with Crippen LogP contribution in [0.5, 0.6) is 0 Å². The van der Waals surface area contributed by atoms with Gasteiger partial charge in [0.05, 0.1) is 12.1 Å². The second-order valence-electron chi connectivity index (χ2n) is 11.2. The number of fused-ring (bicyclic) bond motifs is 1. The van der Waals surface area contributed by atoms with Crippen molar-refractivity contribution >= 4 is 40.6 Å². The lowest BCUT2D eigenvalue weighted by molar-refractivity contribution is -0.119. The highest BCUT2D eigenvalue weighted by Crippen LogP contribution is 2.40. The maximum absolute atomic E-state index is 13.3. The first-order valence-electron chi connectivity index (χ1n) is 14.1. The highest BCUT2D eigenvalue weighted by molar-refractivity contribution is 5.99. The zero-order valence-corrected chi connectivity index (χ0v) is 24.5. The van der Waals surface area contributed by atoms with Crippen molar-refractivity contribution in [2.75, 3.05) is 36.9 Å². The van der Waals surface area contributed by atoms with E-state index in [1.54, 1.807) is 22.9 Å². The summed E-state index contributed by atoms with van der Waals surface area (Å²) in [6, 6.07) is 6.10. The summed E-state index contributed by atoms with van der Waals surface area (Å²) in [5.74, 6) is 0.716. The number of rotatable bonds is 9. The lowest BCUT2D eigenvalue weighted by Crippen LogP contribution is -2.67. The summed E-state index contributed by atoms with van der Waals surface area (Å²) in [6.07, 6.45) is 9.89. The third-order valence-electron chi connectivity index (χ3n) is 8.07. The van der Waals surface area contributed by atoms with Crippen molar-refractivity contribution in [3.63, 3.8) is 0 Å². The number of aryl methyl sites for hydroxylation is 1. The van der Waals surface area contributed by atoms with Crippen LogP contribution in [0.1, 0.15) is 39.2 Å². The molecule has 41 heavy (non-hydrogen) atoms. The van der Waals surface area contributed by atoms with E-state index in [1.807, 2.05) is 26.8 Å². The van der Waals surface area contributed by atoms with Crippen molar-refractivity contribution in [3.05, 3.63) is 65.1 Å². The zero-order valence-electron chi connectivity index (χ0n) is 24.5. The standard InChI is InChI=1S/C30H39N9O2/c1-7-10-26(34-37(20-40)21(3)4)39-27-24(28(41)38(39)14-8-2)17-31-29(33-27)32-23-11-12-25(22(5)16-23)36-18-30(19-36)13-9-15-35(30)6/h7-8,10-12,16-17,20-21H,2,9,13-15,18-19H2,1,3-6H3,(H,31,32,33)/b10-7-,34-26+. The number of amides is 1. The minimum atomic E-state index is -0.272. The number of hydrogen-bond donors (Lipinski definition) is 1. The van der Waals surface area contributed by atoms with Crippen molar-refractivity contribution in [1.29, 1.82) is 0 Å². The smallest absolute Gasteiger partial charge is 0.278 e. The number of hydrogen-bond acceptors (Lipinski definition) is 8. The van der Waals surface area contributed by atoms with E-state index in [-0.39, 0.29) is 18.1 Å². The number of nitrogens with zero attached hydrogens (tertiary/aromatic N) is 8. The number of carbonyl (C=O) groups is 1. The molecule has 0 radical (unpaired) electrons. The fourth-order valence-corrected chi connectivity index (χ4v) is 5.81. The molecular formula is C30H39N9O2. The second-order valence-corrected chi connectivity index (χ2v) is 11.2. The molecule has 11 nitrogen and oxygen atoms in total. The van der Waals surface area contributed by atoms with Gasteiger partial charge in [0.15, 0.2) is 11.5 Å². The van der Waals surface area contributed by atoms with Crippen molar-refractivity contribution in [2.45, 2.75) is 58.7 Å². The summed E-state index contributed by atoms with van der Waals surface area (Å²) in [7, 11) is 2.24. The molecule has 3 aromatic rings. The van der Waals surface area contributed by atoms with E-state index in [0.29, 0.717) is 34.8 Å². The third kappa shape index (κ3) is 5.17. The Bertz CT molecular complexity index is 1580. The number of nitrogens with one attached hydrogen (secondary N) is 1. The van der Waals surface area contributed by atoms with Crippen LogP contribution in [0, 0.1) is 6.92 Å². The Morgan fingerprint density at radius 2 is 2.10 bits per heavy atom. The van der Waals surface area contributed by atoms with Crippen LogP contribution >= 0.6 is 0 Å². The Morgan fingerprint density at radius 1 is 1.32 bits per heavy atom. The van der Waals surface area contributed by atoms with Gasteiger partial charge in [0, 0.05) is 36.7 Å². The van der Waals surface area contributed by atoms with Crippen molar-refractivity contribution in [1.82, 2.24) is 29.2 Å². The summed E-state index contributed by atoms with van der Waals surface area (Å²) in [5, 5.41) is 9.48. The quantitative estimate of drug-likeness (QED) is 0.141. The van der Waals surface area contributed by atoms with Gasteiger partial charge in [-0.25, -0.2) is 19.4 Å². The lowest BCUT2D eigenvalue weighted by Gasteiger charge is -2.53. The summed E-state index contributed by atoms with van der Waals surface area (Å²) < 4.78 is 3.10. The van der Waals surface area contributed by atoms with E-state index in [4.69, 9.17) is 4.98 Å². The Morgan fingerprint density at radius 3 is 2.71 bits per heavy atom. The van der Waals surface area contributed by atoms with Gasteiger partial charge in [-0.15, -0.1) is 6.58 Å². The van der Waals surface area contributed by atoms with Crippen molar-refractivity contribution < 1.29 is 4.79 Å². The molecule has 0 aliphatic carbocycles. The lowest BCUT2D eigenvalue weighted by atomic mass is 9.86. The summed E-state index contributed by atoms with van der Waals surface area (Å²) >= 11 is 0. The van der Waals surface area contributed by atoms with Crippen LogP contribution in [0.3, 0.4) is 0 Å². The molecule has 0 saturated carbocycles. The van der Waals surface area contributed by atoms with Gasteiger partial charge in [0.1, 0.15) is 5.39 Å². The van der Waals surface area contributed by atoms with Gasteiger partial charge in [-0.3, -0.25) is 14.5 Å². The van der Waals surface area contributed by atoms with Gasteiger partial charge in [-0.1, -0.05) is 12.2 Å². The molecule has 216 valence electrons. The normalized spacial score (nSPS) is 17.1. The first-order chi connectivity index (χ1) is 19.7. The van der Waals surface area contributed by atoms with Gasteiger partial charge >= 0.3 is 0 Å². The maximum atomic E-state index is 13.3. The van der Waals surface area contributed by atoms with Crippen LogP contribution in [0.25, 0.3) is 11.0 Å². The fourth-order valence-electron chi connectivity index (χ4n) is 5.81. The van der Waals surface area contributed by atoms with Crippen LogP contribution < -0.4 is 15.8 Å². The van der Waals surface area contributed by atoms with E-state index in [1.165, 1.54) is 46.5 Å². The molecule has 2 saturated heterocycles. The minimum absolute atomic E-state index is 0.173. The fraction of sp³-hybridized carbons (Fsp3) is 0.433. The molecular weight excluding hydrogens is 518 g/mol. The molecule has 1 spiro atoms. The van der Waals surface area contributed by atoms with Crippen LogP contribution in [-0.2, 0) is 11.3 Å². The largest absolute Gasteiger partial charge is 0.367 e. The number of likely N-dealkylation sites (N-methyl/N-ethyl adjacent to an activating group) is 1. The Labute approximate surface area is 240 Å². The Hall–Kier alpha value is -4.25. The first-order valence-corrected chi connectivity index (χ1v) is 14.1. The summed E-state index contributed by atoms with van der Waals surface area (Å²) in [4.78, 5) is 39.2. The number of aromatic nitrogens is 4. The molecule has 4 heterocycles. The van der Waals surface area contributed by atoms with Crippen molar-refractivity contribution in [2.24, 2.45) is 5.10 Å². The molecule has 2 aliphatic heterocycles. The van der Waals surface area contributed by atoms with E-state index < -0.39 is 0 Å². The molecule has 2 aromatic heterocycles. The molecule has 0 unspecified atom stereocenters. The predicted molar refractivity (Wildman–Crippen MR) is 164 cm³/mol. The van der Waals surface area contributed by atoms with Gasteiger partial charge in [0.2, 0.25) is 12.4 Å². The average Bonchev–Trinajstić information content (AvgIpc) is 3.43. The summed E-state index contributed by atoms with van der Waals surface area (Å²) in [5.41, 5.74) is 3.70. The van der Waals surface area contributed by atoms with Crippen molar-refractivity contribution in [3.8, 4) is 0 Å². The molecule has 0 atom stereocenters. The minimum Gasteiger partial charge on any atom is -0.367 e. The van der Waals surface area contributed by atoms with E-state index >= 15 is 0 Å². The molecule has 0 bridgehead atoms. The number of carbonyl (C=O) groups excluding carboxylic acids is 1. The highest BCUT2D eigenvalue weighted by atomic mass is 16.1. The molecule has 1 N–H and O–H groups in total. The van der Waals surface area contributed by atoms with Gasteiger partial charge < -0.3 is 10.2 Å². The topological polar surface area (TPSA) is 104 Å². The zero-order chi connectivity index (χ0) is 29.3. The number of likely N-dealkylation sites (tertiary alicyclic amines) is 1. The van der Waals surface area contributed by atoms with Crippen LogP contribution in [0.2, 0.25) is 0 Å². The van der Waals surface area contributed by atoms with Gasteiger partial charge in [-0.2, -0.15) is 10.1 Å². The van der Waals surface area contributed by atoms with E-state index in [2.05, 4.69) is 57.9 Å². The summed E-state index contributed by atoms with van der Waals surface area (Å²) in [6.45, 7) is 15.0. The van der Waals surface area contributed by atoms with Crippen LogP contribution in [-0.4, -0.2) is 79.7 Å². The average molecular weight is 558 g/mol. The maximum Gasteiger partial charge on any atom is 0.278 e. The van der Waals surface area contributed by atoms with E-state index in [0.717, 1.165) is 18.8 Å². The van der Waals surface area contributed by atoms with Crippen LogP contribution in [0.4, 0.5) is 17.3 Å². The Kier molecular flexibility index (Phi) is 7.81. The monoisotopic (exact) mass is 557 g/mol. The molecule has 1 aromatic carbocycles. The molecule has 11 heteroatoms. The molecule has 2 aliphatic rings. The number of hydrazone groups is 1. The van der Waals surface area contributed by atoms with Gasteiger partial charge in [0.25, 0.3) is 5.56 Å². The predicted octanol–water partition coefficient (Wildman–Crippen LogP) is 3.72. The second kappa shape index (κ2) is 11.3. The number of allylic oxidation sites excluding steroid dienone is 3. The number of benzene rings is 1. The SMILES string of the molecule is C=CCn1c(=O)c2cnc(Nc3ccc(N4CC5(CCCN5C)C4)c(C)c3)nc2n1C(/C=C\C)=N/N(C=O)C(C)C. The van der Waals surface area contributed by atoms with Gasteiger partial charge in [-0.05, 0) is 84.0 Å². The highest BCUT2D eigenvalue weighted by Gasteiger charge is 2.48. The Balaban J connectivity index is 1.48. The third-order valence-corrected chi connectivity index (χ3v) is 8.07. The van der Waals surface area contributed by atoms with E-state index in [9.17, 15) is 9.59 Å². The first kappa shape index (κ1) is 28.3. The molecule has 5 rings (SSSR count).